The third-order valence-corrected chi connectivity index (χ3v) is 3.90. The lowest BCUT2D eigenvalue weighted by Crippen LogP contribution is -2.32. The van der Waals surface area contributed by atoms with Crippen molar-refractivity contribution in [1.29, 1.82) is 0 Å². The molecule has 0 aromatic heterocycles. The number of carbonyl (C=O) groups excluding carboxylic acids is 2. The molecule has 26 heavy (non-hydrogen) atoms. The summed E-state index contributed by atoms with van der Waals surface area (Å²) in [5.41, 5.74) is 1.33. The van der Waals surface area contributed by atoms with Crippen molar-refractivity contribution in [2.24, 2.45) is 0 Å². The summed E-state index contributed by atoms with van der Waals surface area (Å²) in [5.74, 6) is -0.00598. The van der Waals surface area contributed by atoms with Crippen molar-refractivity contribution in [3.63, 3.8) is 0 Å². The number of nitrogens with one attached hydrogen (secondary N) is 2. The third-order valence-electron chi connectivity index (χ3n) is 3.90. The van der Waals surface area contributed by atoms with E-state index in [9.17, 15) is 9.59 Å². The molecule has 0 radical (unpaired) electrons. The van der Waals surface area contributed by atoms with E-state index in [4.69, 9.17) is 4.74 Å². The number of para-hydroxylation sites is 2. The smallest absolute Gasteiger partial charge is 0.259 e. The Morgan fingerprint density at radius 3 is 2.19 bits per heavy atom. The van der Waals surface area contributed by atoms with E-state index in [2.05, 4.69) is 10.6 Å². The van der Waals surface area contributed by atoms with Gasteiger partial charge in [0.05, 0.1) is 22.9 Å². The van der Waals surface area contributed by atoms with E-state index < -0.39 is 0 Å². The van der Waals surface area contributed by atoms with E-state index in [1.54, 1.807) is 42.5 Å². The fraction of sp³-hybridized carbons (Fsp3) is 0.333. The Bertz CT molecular complexity index is 771. The van der Waals surface area contributed by atoms with Gasteiger partial charge in [0.2, 0.25) is 0 Å². The average molecular weight is 354 g/mol. The van der Waals surface area contributed by atoms with Gasteiger partial charge in [0.1, 0.15) is 5.75 Å². The summed E-state index contributed by atoms with van der Waals surface area (Å²) in [5, 5.41) is 5.75. The Balaban J connectivity index is 2.24. The van der Waals surface area contributed by atoms with Crippen molar-refractivity contribution in [3.05, 3.63) is 59.7 Å². The molecular formula is C21H26N2O3. The van der Waals surface area contributed by atoms with Gasteiger partial charge in [0.15, 0.2) is 0 Å². The van der Waals surface area contributed by atoms with Gasteiger partial charge < -0.3 is 15.4 Å². The zero-order valence-electron chi connectivity index (χ0n) is 15.7. The van der Waals surface area contributed by atoms with Gasteiger partial charge in [-0.25, -0.2) is 0 Å². The molecule has 2 rings (SSSR count). The summed E-state index contributed by atoms with van der Waals surface area (Å²) in [6.45, 7) is 7.76. The summed E-state index contributed by atoms with van der Waals surface area (Å²) >= 11 is 0. The first-order chi connectivity index (χ1) is 12.4. The van der Waals surface area contributed by atoms with Crippen molar-refractivity contribution in [2.45, 2.75) is 46.3 Å². The van der Waals surface area contributed by atoms with Gasteiger partial charge in [-0.1, -0.05) is 31.2 Å². The molecule has 2 aromatic carbocycles. The summed E-state index contributed by atoms with van der Waals surface area (Å²) in [6.07, 6.45) is 0.790. The maximum absolute atomic E-state index is 12.7. The first-order valence-corrected chi connectivity index (χ1v) is 8.89. The summed E-state index contributed by atoms with van der Waals surface area (Å²) in [6, 6.07) is 14.1. The monoisotopic (exact) mass is 354 g/mol. The number of amides is 2. The first kappa shape index (κ1) is 19.5. The van der Waals surface area contributed by atoms with E-state index >= 15 is 0 Å². The minimum absolute atomic E-state index is 0.0439. The quantitative estimate of drug-likeness (QED) is 0.781. The lowest BCUT2D eigenvalue weighted by atomic mass is 10.1. The Labute approximate surface area is 154 Å². The number of rotatable bonds is 7. The molecule has 0 spiro atoms. The second-order valence-corrected chi connectivity index (χ2v) is 6.45. The van der Waals surface area contributed by atoms with Crippen LogP contribution in [0.15, 0.2) is 48.5 Å². The minimum Gasteiger partial charge on any atom is -0.490 e. The van der Waals surface area contributed by atoms with Crippen LogP contribution in [0.3, 0.4) is 0 Å². The number of anilines is 1. The van der Waals surface area contributed by atoms with E-state index in [1.165, 1.54) is 0 Å². The molecule has 5 nitrogen and oxygen atoms in total. The zero-order chi connectivity index (χ0) is 19.1. The lowest BCUT2D eigenvalue weighted by molar-refractivity contribution is 0.0940. The standard InChI is InChI=1S/C21H26N2O3/c1-5-15(4)22-20(24)16-10-6-8-12-18(16)23-21(25)17-11-7-9-13-19(17)26-14(2)3/h6-15H,5H2,1-4H3,(H,22,24)(H,23,25)/t15-/m1/s1. The van der Waals surface area contributed by atoms with Gasteiger partial charge in [0.25, 0.3) is 11.8 Å². The molecule has 0 saturated carbocycles. The molecule has 0 fully saturated rings. The molecule has 0 unspecified atom stereocenters. The Kier molecular flexibility index (Phi) is 6.78. The van der Waals surface area contributed by atoms with Crippen LogP contribution in [-0.4, -0.2) is 24.0 Å². The van der Waals surface area contributed by atoms with Crippen LogP contribution in [0.5, 0.6) is 5.75 Å². The van der Waals surface area contributed by atoms with Gasteiger partial charge in [-0.2, -0.15) is 0 Å². The molecule has 5 heteroatoms. The van der Waals surface area contributed by atoms with Gasteiger partial charge in [-0.3, -0.25) is 9.59 Å². The molecule has 0 bridgehead atoms. The molecular weight excluding hydrogens is 328 g/mol. The fourth-order valence-corrected chi connectivity index (χ4v) is 2.39. The average Bonchev–Trinajstić information content (AvgIpc) is 2.61. The number of hydrogen-bond donors (Lipinski definition) is 2. The SMILES string of the molecule is CC[C@@H](C)NC(=O)c1ccccc1NC(=O)c1ccccc1OC(C)C. The van der Waals surface area contributed by atoms with Crippen molar-refractivity contribution >= 4 is 17.5 Å². The number of benzene rings is 2. The second-order valence-electron chi connectivity index (χ2n) is 6.45. The van der Waals surface area contributed by atoms with Gasteiger partial charge in [0, 0.05) is 6.04 Å². The lowest BCUT2D eigenvalue weighted by Gasteiger charge is -2.16. The maximum Gasteiger partial charge on any atom is 0.259 e. The molecule has 2 aromatic rings. The molecule has 1 atom stereocenters. The molecule has 0 aliphatic heterocycles. The number of ether oxygens (including phenoxy) is 1. The van der Waals surface area contributed by atoms with Gasteiger partial charge >= 0.3 is 0 Å². The first-order valence-electron chi connectivity index (χ1n) is 8.89. The number of carbonyl (C=O) groups is 2. The van der Waals surface area contributed by atoms with Gasteiger partial charge in [-0.15, -0.1) is 0 Å². The molecule has 0 aliphatic rings. The fourth-order valence-electron chi connectivity index (χ4n) is 2.39. The Morgan fingerprint density at radius 2 is 1.54 bits per heavy atom. The minimum atomic E-state index is -0.315. The van der Waals surface area contributed by atoms with E-state index in [0.29, 0.717) is 22.6 Å². The molecule has 2 amide bonds. The van der Waals surface area contributed by atoms with E-state index in [1.807, 2.05) is 33.8 Å². The normalized spacial score (nSPS) is 11.7. The molecule has 138 valence electrons. The van der Waals surface area contributed by atoms with Crippen LogP contribution in [0.2, 0.25) is 0 Å². The molecule has 0 heterocycles. The molecule has 2 N–H and O–H groups in total. The predicted molar refractivity (Wildman–Crippen MR) is 104 cm³/mol. The summed E-state index contributed by atoms with van der Waals surface area (Å²) in [4.78, 5) is 25.2. The second kappa shape index (κ2) is 9.04. The van der Waals surface area contributed by atoms with Crippen molar-refractivity contribution < 1.29 is 14.3 Å². The van der Waals surface area contributed by atoms with Crippen LogP contribution in [0, 0.1) is 0 Å². The van der Waals surface area contributed by atoms with Crippen LogP contribution < -0.4 is 15.4 Å². The zero-order valence-corrected chi connectivity index (χ0v) is 15.7. The van der Waals surface area contributed by atoms with Crippen LogP contribution >= 0.6 is 0 Å². The van der Waals surface area contributed by atoms with Crippen molar-refractivity contribution in [3.8, 4) is 5.75 Å². The van der Waals surface area contributed by atoms with Crippen molar-refractivity contribution in [2.75, 3.05) is 5.32 Å². The predicted octanol–water partition coefficient (Wildman–Crippen LogP) is 4.25. The Morgan fingerprint density at radius 1 is 0.923 bits per heavy atom. The largest absolute Gasteiger partial charge is 0.490 e. The topological polar surface area (TPSA) is 67.4 Å². The highest BCUT2D eigenvalue weighted by molar-refractivity contribution is 6.10. The Hall–Kier alpha value is -2.82. The molecule has 0 aliphatic carbocycles. The number of hydrogen-bond acceptors (Lipinski definition) is 3. The van der Waals surface area contributed by atoms with E-state index in [-0.39, 0.29) is 24.0 Å². The van der Waals surface area contributed by atoms with Gasteiger partial charge in [-0.05, 0) is 51.5 Å². The van der Waals surface area contributed by atoms with Crippen LogP contribution in [0.25, 0.3) is 0 Å². The van der Waals surface area contributed by atoms with Crippen LogP contribution in [-0.2, 0) is 0 Å². The summed E-state index contributed by atoms with van der Waals surface area (Å²) in [7, 11) is 0. The highest BCUT2D eigenvalue weighted by Gasteiger charge is 2.17. The molecule has 0 saturated heterocycles. The van der Waals surface area contributed by atoms with Crippen molar-refractivity contribution in [1.82, 2.24) is 5.32 Å². The summed E-state index contributed by atoms with van der Waals surface area (Å²) < 4.78 is 5.71. The highest BCUT2D eigenvalue weighted by Crippen LogP contribution is 2.22. The third kappa shape index (κ3) is 5.09. The van der Waals surface area contributed by atoms with Crippen LogP contribution in [0.1, 0.15) is 54.8 Å². The maximum atomic E-state index is 12.7. The van der Waals surface area contributed by atoms with E-state index in [0.717, 1.165) is 6.42 Å². The van der Waals surface area contributed by atoms with Crippen LogP contribution in [0.4, 0.5) is 5.69 Å². The highest BCUT2D eigenvalue weighted by atomic mass is 16.5.